The number of nitrogens with zero attached hydrogens (tertiary/aromatic N) is 1. The van der Waals surface area contributed by atoms with Crippen LogP contribution in [-0.2, 0) is 11.4 Å². The molecule has 0 atom stereocenters. The Hall–Kier alpha value is -3.46. The van der Waals surface area contributed by atoms with Gasteiger partial charge in [-0.15, -0.1) is 0 Å². The van der Waals surface area contributed by atoms with E-state index in [1.54, 1.807) is 61.7 Å². The molecule has 1 N–H and O–H groups in total. The van der Waals surface area contributed by atoms with Gasteiger partial charge in [-0.3, -0.25) is 4.79 Å². The Labute approximate surface area is 190 Å². The second-order valence-electron chi connectivity index (χ2n) is 6.46. The number of carbonyl (C=O) groups excluding carboxylic acids is 1. The number of ether oxygens (including phenoxy) is 2. The van der Waals surface area contributed by atoms with E-state index in [-0.39, 0.29) is 5.57 Å². The molecule has 0 heterocycles. The second-order valence-corrected chi connectivity index (χ2v) is 7.30. The van der Waals surface area contributed by atoms with Gasteiger partial charge in [0.2, 0.25) is 0 Å². The first kappa shape index (κ1) is 22.2. The molecule has 3 rings (SSSR count). The highest BCUT2D eigenvalue weighted by atomic mass is 35.5. The quantitative estimate of drug-likeness (QED) is 0.345. The predicted octanol–water partition coefficient (Wildman–Crippen LogP) is 6.13. The molecular weight excluding hydrogens is 435 g/mol. The van der Waals surface area contributed by atoms with Crippen LogP contribution < -0.4 is 14.8 Å². The molecule has 0 aliphatic carbocycles. The first-order valence-corrected chi connectivity index (χ1v) is 9.98. The molecule has 3 aromatic carbocycles. The lowest BCUT2D eigenvalue weighted by Crippen LogP contribution is -2.13. The third kappa shape index (κ3) is 6.26. The van der Waals surface area contributed by atoms with Gasteiger partial charge in [-0.25, -0.2) is 0 Å². The summed E-state index contributed by atoms with van der Waals surface area (Å²) in [5.74, 6) is 0.642. The van der Waals surface area contributed by atoms with E-state index in [1.165, 1.54) is 6.08 Å². The lowest BCUT2D eigenvalue weighted by atomic mass is 10.1. The highest BCUT2D eigenvalue weighted by molar-refractivity contribution is 6.32. The smallest absolute Gasteiger partial charge is 0.266 e. The third-order valence-electron chi connectivity index (χ3n) is 4.29. The van der Waals surface area contributed by atoms with Gasteiger partial charge in [0.15, 0.2) is 0 Å². The van der Waals surface area contributed by atoms with Crippen LogP contribution in [0.5, 0.6) is 11.5 Å². The SMILES string of the molecule is COc1ccc(NC(=O)/C(C#N)=C/c2ccc(OCc3ccc(Cl)cc3)c(Cl)c2)cc1. The van der Waals surface area contributed by atoms with Gasteiger partial charge in [0.25, 0.3) is 5.91 Å². The molecule has 0 aromatic heterocycles. The third-order valence-corrected chi connectivity index (χ3v) is 4.83. The maximum absolute atomic E-state index is 12.4. The van der Waals surface area contributed by atoms with Gasteiger partial charge in [0.1, 0.15) is 29.7 Å². The van der Waals surface area contributed by atoms with E-state index in [0.29, 0.717) is 39.4 Å². The second kappa shape index (κ2) is 10.5. The lowest BCUT2D eigenvalue weighted by molar-refractivity contribution is -0.112. The van der Waals surface area contributed by atoms with E-state index < -0.39 is 5.91 Å². The number of anilines is 1. The Kier molecular flexibility index (Phi) is 7.55. The summed E-state index contributed by atoms with van der Waals surface area (Å²) in [6.07, 6.45) is 1.47. The van der Waals surface area contributed by atoms with Crippen LogP contribution in [0.15, 0.2) is 72.3 Å². The molecule has 3 aromatic rings. The van der Waals surface area contributed by atoms with Crippen LogP contribution in [0, 0.1) is 11.3 Å². The van der Waals surface area contributed by atoms with Gasteiger partial charge in [-0.05, 0) is 65.7 Å². The molecule has 0 saturated carbocycles. The summed E-state index contributed by atoms with van der Waals surface area (Å²) in [4.78, 5) is 12.4. The Morgan fingerprint density at radius 3 is 2.39 bits per heavy atom. The molecule has 31 heavy (non-hydrogen) atoms. The summed E-state index contributed by atoms with van der Waals surface area (Å²) in [5, 5.41) is 13.1. The van der Waals surface area contributed by atoms with Gasteiger partial charge in [-0.1, -0.05) is 41.4 Å². The molecule has 5 nitrogen and oxygen atoms in total. The van der Waals surface area contributed by atoms with Crippen molar-refractivity contribution in [3.63, 3.8) is 0 Å². The van der Waals surface area contributed by atoms with Crippen molar-refractivity contribution in [2.24, 2.45) is 0 Å². The van der Waals surface area contributed by atoms with Crippen molar-refractivity contribution in [3.05, 3.63) is 93.5 Å². The monoisotopic (exact) mass is 452 g/mol. The number of nitriles is 1. The van der Waals surface area contributed by atoms with Crippen molar-refractivity contribution in [3.8, 4) is 17.6 Å². The van der Waals surface area contributed by atoms with E-state index in [4.69, 9.17) is 32.7 Å². The summed E-state index contributed by atoms with van der Waals surface area (Å²) in [6.45, 7) is 0.333. The van der Waals surface area contributed by atoms with Crippen LogP contribution in [0.3, 0.4) is 0 Å². The number of benzene rings is 3. The minimum absolute atomic E-state index is 0.0540. The van der Waals surface area contributed by atoms with Crippen molar-refractivity contribution in [2.45, 2.75) is 6.61 Å². The first-order chi connectivity index (χ1) is 15.0. The highest BCUT2D eigenvalue weighted by Gasteiger charge is 2.11. The summed E-state index contributed by atoms with van der Waals surface area (Å²) in [5.41, 5.74) is 2.05. The Balaban J connectivity index is 1.68. The van der Waals surface area contributed by atoms with Gasteiger partial charge >= 0.3 is 0 Å². The van der Waals surface area contributed by atoms with Crippen LogP contribution in [0.25, 0.3) is 6.08 Å². The average molecular weight is 453 g/mol. The number of nitrogens with one attached hydrogen (secondary N) is 1. The van der Waals surface area contributed by atoms with Gasteiger partial charge < -0.3 is 14.8 Å². The molecule has 1 amide bonds. The van der Waals surface area contributed by atoms with E-state index in [9.17, 15) is 10.1 Å². The summed E-state index contributed by atoms with van der Waals surface area (Å²) >= 11 is 12.2. The van der Waals surface area contributed by atoms with Gasteiger partial charge in [-0.2, -0.15) is 5.26 Å². The fourth-order valence-electron chi connectivity index (χ4n) is 2.65. The van der Waals surface area contributed by atoms with E-state index >= 15 is 0 Å². The molecule has 0 spiro atoms. The maximum atomic E-state index is 12.4. The predicted molar refractivity (Wildman–Crippen MR) is 122 cm³/mol. The largest absolute Gasteiger partial charge is 0.497 e. The minimum Gasteiger partial charge on any atom is -0.497 e. The summed E-state index contributed by atoms with van der Waals surface area (Å²) in [6, 6.07) is 21.1. The van der Waals surface area contributed by atoms with E-state index in [1.807, 2.05) is 18.2 Å². The van der Waals surface area contributed by atoms with Crippen molar-refractivity contribution in [2.75, 3.05) is 12.4 Å². The van der Waals surface area contributed by atoms with Crippen LogP contribution in [0.1, 0.15) is 11.1 Å². The highest BCUT2D eigenvalue weighted by Crippen LogP contribution is 2.27. The standard InChI is InChI=1S/C24H18Cl2N2O3/c1-30-21-9-7-20(8-10-21)28-24(29)18(14-27)12-17-4-11-23(22(26)13-17)31-15-16-2-5-19(25)6-3-16/h2-13H,15H2,1H3,(H,28,29)/b18-12+. The van der Waals surface area contributed by atoms with Crippen molar-refractivity contribution in [1.82, 2.24) is 0 Å². The number of hydrogen-bond acceptors (Lipinski definition) is 4. The molecule has 7 heteroatoms. The molecule has 156 valence electrons. The first-order valence-electron chi connectivity index (χ1n) is 9.22. The number of methoxy groups -OCH3 is 1. The number of amides is 1. The normalized spacial score (nSPS) is 10.8. The minimum atomic E-state index is -0.521. The van der Waals surface area contributed by atoms with Gasteiger partial charge in [0.05, 0.1) is 12.1 Å². The zero-order valence-electron chi connectivity index (χ0n) is 16.6. The van der Waals surface area contributed by atoms with Crippen LogP contribution >= 0.6 is 23.2 Å². The number of halogens is 2. The summed E-state index contributed by atoms with van der Waals surface area (Å²) < 4.78 is 10.8. The molecule has 0 bridgehead atoms. The van der Waals surface area contributed by atoms with Crippen molar-refractivity contribution in [1.29, 1.82) is 5.26 Å². The van der Waals surface area contributed by atoms with E-state index in [2.05, 4.69) is 5.32 Å². The Morgan fingerprint density at radius 1 is 1.06 bits per heavy atom. The Bertz CT molecular complexity index is 1130. The molecule has 0 aliphatic rings. The molecule has 0 aliphatic heterocycles. The Morgan fingerprint density at radius 2 is 1.77 bits per heavy atom. The van der Waals surface area contributed by atoms with Crippen LogP contribution in [-0.4, -0.2) is 13.0 Å². The fourth-order valence-corrected chi connectivity index (χ4v) is 3.02. The summed E-state index contributed by atoms with van der Waals surface area (Å²) in [7, 11) is 1.56. The molecule has 0 radical (unpaired) electrons. The molecular formula is C24H18Cl2N2O3. The molecule has 0 fully saturated rings. The van der Waals surface area contributed by atoms with Gasteiger partial charge in [0, 0.05) is 10.7 Å². The average Bonchev–Trinajstić information content (AvgIpc) is 2.78. The number of hydrogen-bond donors (Lipinski definition) is 1. The van der Waals surface area contributed by atoms with Crippen LogP contribution in [0.2, 0.25) is 10.0 Å². The zero-order chi connectivity index (χ0) is 22.2. The molecule has 0 saturated heterocycles. The zero-order valence-corrected chi connectivity index (χ0v) is 18.1. The number of carbonyl (C=O) groups is 1. The topological polar surface area (TPSA) is 71.3 Å². The maximum Gasteiger partial charge on any atom is 0.266 e. The lowest BCUT2D eigenvalue weighted by Gasteiger charge is -2.09. The van der Waals surface area contributed by atoms with Crippen LogP contribution in [0.4, 0.5) is 5.69 Å². The van der Waals surface area contributed by atoms with Crippen molar-refractivity contribution < 1.29 is 14.3 Å². The van der Waals surface area contributed by atoms with Crippen molar-refractivity contribution >= 4 is 40.9 Å². The molecule has 0 unspecified atom stereocenters. The number of rotatable bonds is 7. The fraction of sp³-hybridized carbons (Fsp3) is 0.0833. The van der Waals surface area contributed by atoms with E-state index in [0.717, 1.165) is 5.56 Å².